The lowest BCUT2D eigenvalue weighted by atomic mass is 10.00. The van der Waals surface area contributed by atoms with E-state index in [0.717, 1.165) is 36.2 Å². The van der Waals surface area contributed by atoms with Crippen LogP contribution < -0.4 is 15.0 Å². The van der Waals surface area contributed by atoms with Gasteiger partial charge in [0, 0.05) is 29.7 Å². The molecular weight excluding hydrogens is 426 g/mol. The number of hydrogen-bond donors (Lipinski definition) is 1. The number of rotatable bonds is 6. The van der Waals surface area contributed by atoms with Gasteiger partial charge in [-0.1, -0.05) is 36.4 Å². The van der Waals surface area contributed by atoms with E-state index < -0.39 is 0 Å². The molecule has 3 aromatic carbocycles. The summed E-state index contributed by atoms with van der Waals surface area (Å²) in [6.45, 7) is 3.09. The van der Waals surface area contributed by atoms with Gasteiger partial charge >= 0.3 is 0 Å². The topological polar surface area (TPSA) is 71.5 Å². The molecule has 0 saturated heterocycles. The number of carbonyl (C=O) groups is 2. The Morgan fingerprint density at radius 2 is 1.74 bits per heavy atom. The highest BCUT2D eigenvalue weighted by atomic mass is 16.5. The van der Waals surface area contributed by atoms with E-state index in [-0.39, 0.29) is 18.3 Å². The van der Waals surface area contributed by atoms with Gasteiger partial charge in [-0.05, 0) is 66.9 Å². The number of benzene rings is 3. The van der Waals surface area contributed by atoms with Crippen molar-refractivity contribution in [3.63, 3.8) is 0 Å². The normalized spacial score (nSPS) is 12.8. The second kappa shape index (κ2) is 9.35. The predicted octanol–water partition coefficient (Wildman–Crippen LogP) is 5.02. The van der Waals surface area contributed by atoms with Crippen LogP contribution in [0.25, 0.3) is 10.9 Å². The van der Waals surface area contributed by atoms with Crippen molar-refractivity contribution in [2.24, 2.45) is 0 Å². The molecule has 1 aliphatic heterocycles. The molecule has 0 spiro atoms. The van der Waals surface area contributed by atoms with Gasteiger partial charge in [0.05, 0.1) is 0 Å². The van der Waals surface area contributed by atoms with Crippen molar-refractivity contribution in [3.05, 3.63) is 95.6 Å². The van der Waals surface area contributed by atoms with Crippen molar-refractivity contribution >= 4 is 34.1 Å². The third-order valence-corrected chi connectivity index (χ3v) is 6.06. The van der Waals surface area contributed by atoms with E-state index in [9.17, 15) is 9.59 Å². The van der Waals surface area contributed by atoms with E-state index in [4.69, 9.17) is 9.72 Å². The van der Waals surface area contributed by atoms with Crippen LogP contribution in [0.5, 0.6) is 5.75 Å². The maximum Gasteiger partial charge on any atom is 0.262 e. The highest BCUT2D eigenvalue weighted by Gasteiger charge is 2.18. The van der Waals surface area contributed by atoms with Gasteiger partial charge in [0.1, 0.15) is 17.1 Å². The van der Waals surface area contributed by atoms with Crippen molar-refractivity contribution in [2.45, 2.75) is 19.9 Å². The van der Waals surface area contributed by atoms with E-state index in [0.29, 0.717) is 17.0 Å². The van der Waals surface area contributed by atoms with Gasteiger partial charge in [0.2, 0.25) is 0 Å². The summed E-state index contributed by atoms with van der Waals surface area (Å²) in [5.74, 6) is 1.17. The number of aromatic nitrogens is 1. The Morgan fingerprint density at radius 1 is 0.941 bits per heavy atom. The van der Waals surface area contributed by atoms with Gasteiger partial charge in [0.25, 0.3) is 5.91 Å². The molecule has 0 atom stereocenters. The van der Waals surface area contributed by atoms with Gasteiger partial charge in [-0.25, -0.2) is 4.98 Å². The molecule has 0 bridgehead atoms. The molecule has 0 aliphatic carbocycles. The third-order valence-electron chi connectivity index (χ3n) is 6.06. The summed E-state index contributed by atoms with van der Waals surface area (Å²) in [7, 11) is 0. The summed E-state index contributed by atoms with van der Waals surface area (Å²) in [5, 5.41) is 3.75. The molecular formula is C28H25N3O3. The summed E-state index contributed by atoms with van der Waals surface area (Å²) in [6.07, 6.45) is 0.988. The SMILES string of the molecule is CC(=O)c1ccc(NC(=O)COc2cccc3ccc(N4CCc5ccccc5C4)nc23)cc1. The number of ether oxygens (including phenoxy) is 1. The molecule has 6 heteroatoms. The summed E-state index contributed by atoms with van der Waals surface area (Å²) in [5.41, 5.74) is 4.67. The fourth-order valence-electron chi connectivity index (χ4n) is 4.22. The zero-order valence-electron chi connectivity index (χ0n) is 19.0. The number of pyridine rings is 1. The molecule has 0 saturated carbocycles. The minimum Gasteiger partial charge on any atom is -0.481 e. The molecule has 4 aromatic rings. The van der Waals surface area contributed by atoms with Crippen LogP contribution in [0.2, 0.25) is 0 Å². The zero-order valence-corrected chi connectivity index (χ0v) is 19.0. The van der Waals surface area contributed by atoms with E-state index >= 15 is 0 Å². The number of anilines is 2. The first-order valence-electron chi connectivity index (χ1n) is 11.3. The van der Waals surface area contributed by atoms with Gasteiger partial charge < -0.3 is 15.0 Å². The maximum atomic E-state index is 12.4. The number of para-hydroxylation sites is 1. The van der Waals surface area contributed by atoms with Crippen LogP contribution in [-0.4, -0.2) is 29.8 Å². The number of carbonyl (C=O) groups excluding carboxylic acids is 2. The van der Waals surface area contributed by atoms with Crippen molar-refractivity contribution in [2.75, 3.05) is 23.4 Å². The standard InChI is InChI=1S/C28H25N3O3/c1-19(32)20-9-12-24(13-10-20)29-27(33)18-34-25-8-4-7-22-11-14-26(30-28(22)25)31-16-15-21-5-2-3-6-23(21)17-31/h2-14H,15-18H2,1H3,(H,29,33). The minimum atomic E-state index is -0.281. The molecule has 1 aromatic heterocycles. The van der Waals surface area contributed by atoms with Gasteiger partial charge in [0.15, 0.2) is 12.4 Å². The highest BCUT2D eigenvalue weighted by molar-refractivity contribution is 5.96. The quantitative estimate of drug-likeness (QED) is 0.417. The second-order valence-electron chi connectivity index (χ2n) is 8.41. The summed E-state index contributed by atoms with van der Waals surface area (Å²) >= 11 is 0. The number of amides is 1. The lowest BCUT2D eigenvalue weighted by molar-refractivity contribution is -0.118. The molecule has 2 heterocycles. The molecule has 34 heavy (non-hydrogen) atoms. The molecule has 0 fully saturated rings. The van der Waals surface area contributed by atoms with E-state index in [2.05, 4.69) is 34.5 Å². The first kappa shape index (κ1) is 21.6. The fraction of sp³-hybridized carbons (Fsp3) is 0.179. The summed E-state index contributed by atoms with van der Waals surface area (Å²) in [6, 6.07) is 25.1. The van der Waals surface area contributed by atoms with Crippen LogP contribution in [0.1, 0.15) is 28.4 Å². The predicted molar refractivity (Wildman–Crippen MR) is 134 cm³/mol. The lowest BCUT2D eigenvalue weighted by Gasteiger charge is -2.30. The van der Waals surface area contributed by atoms with Gasteiger partial charge in [-0.15, -0.1) is 0 Å². The molecule has 1 aliphatic rings. The number of Topliss-reactive ketones (excluding diaryl/α,β-unsaturated/α-hetero) is 1. The molecule has 0 unspecified atom stereocenters. The van der Waals surface area contributed by atoms with Crippen LogP contribution in [0.4, 0.5) is 11.5 Å². The minimum absolute atomic E-state index is 0.0159. The Labute approximate surface area is 198 Å². The number of ketones is 1. The number of fused-ring (bicyclic) bond motifs is 2. The van der Waals surface area contributed by atoms with Crippen molar-refractivity contribution in [1.29, 1.82) is 0 Å². The fourth-order valence-corrected chi connectivity index (χ4v) is 4.22. The largest absolute Gasteiger partial charge is 0.481 e. The molecule has 5 rings (SSSR count). The molecule has 6 nitrogen and oxygen atoms in total. The van der Waals surface area contributed by atoms with Crippen molar-refractivity contribution in [3.8, 4) is 5.75 Å². The molecule has 170 valence electrons. The van der Waals surface area contributed by atoms with Crippen LogP contribution in [0.15, 0.2) is 78.9 Å². The van der Waals surface area contributed by atoms with Crippen molar-refractivity contribution in [1.82, 2.24) is 4.98 Å². The van der Waals surface area contributed by atoms with Crippen LogP contribution in [0.3, 0.4) is 0 Å². The average Bonchev–Trinajstić information content (AvgIpc) is 2.87. The van der Waals surface area contributed by atoms with Gasteiger partial charge in [-0.3, -0.25) is 9.59 Å². The van der Waals surface area contributed by atoms with Crippen molar-refractivity contribution < 1.29 is 14.3 Å². The third kappa shape index (κ3) is 4.62. The number of hydrogen-bond acceptors (Lipinski definition) is 5. The van der Waals surface area contributed by atoms with Crippen LogP contribution in [0, 0.1) is 0 Å². The molecule has 1 amide bonds. The highest BCUT2D eigenvalue weighted by Crippen LogP contribution is 2.29. The van der Waals surface area contributed by atoms with Crippen LogP contribution >= 0.6 is 0 Å². The first-order chi connectivity index (χ1) is 16.6. The summed E-state index contributed by atoms with van der Waals surface area (Å²) < 4.78 is 5.87. The molecule has 1 N–H and O–H groups in total. The Morgan fingerprint density at radius 3 is 2.53 bits per heavy atom. The lowest BCUT2D eigenvalue weighted by Crippen LogP contribution is -2.30. The smallest absolute Gasteiger partial charge is 0.262 e. The number of nitrogens with zero attached hydrogens (tertiary/aromatic N) is 2. The number of nitrogens with one attached hydrogen (secondary N) is 1. The summed E-state index contributed by atoms with van der Waals surface area (Å²) in [4.78, 5) is 31.0. The Bertz CT molecular complexity index is 1370. The average molecular weight is 452 g/mol. The first-order valence-corrected chi connectivity index (χ1v) is 11.3. The van der Waals surface area contributed by atoms with Crippen LogP contribution in [-0.2, 0) is 17.8 Å². The van der Waals surface area contributed by atoms with E-state index in [1.807, 2.05) is 30.3 Å². The monoisotopic (exact) mass is 451 g/mol. The maximum absolute atomic E-state index is 12.4. The van der Waals surface area contributed by atoms with Gasteiger partial charge in [-0.2, -0.15) is 0 Å². The Kier molecular flexibility index (Phi) is 5.95. The van der Waals surface area contributed by atoms with E-state index in [1.54, 1.807) is 24.3 Å². The van der Waals surface area contributed by atoms with E-state index in [1.165, 1.54) is 18.1 Å². The zero-order chi connectivity index (χ0) is 23.5. The second-order valence-corrected chi connectivity index (χ2v) is 8.41. The Balaban J connectivity index is 1.30. The molecule has 0 radical (unpaired) electrons. The Hall–Kier alpha value is -4.19.